The Hall–Kier alpha value is -2.58. The van der Waals surface area contributed by atoms with Crippen LogP contribution in [0.15, 0.2) is 42.5 Å². The molecule has 0 bridgehead atoms. The van der Waals surface area contributed by atoms with Gasteiger partial charge < -0.3 is 9.47 Å². The van der Waals surface area contributed by atoms with Crippen molar-refractivity contribution in [2.45, 2.75) is 12.6 Å². The Bertz CT molecular complexity index is 697. The highest BCUT2D eigenvalue weighted by molar-refractivity contribution is 5.44. The number of hydrogen-bond donors (Lipinski definition) is 1. The van der Waals surface area contributed by atoms with Crippen LogP contribution >= 0.6 is 0 Å². The molecule has 106 valence electrons. The third kappa shape index (κ3) is 2.96. The Balaban J connectivity index is 1.70. The quantitative estimate of drug-likeness (QED) is 0.938. The lowest BCUT2D eigenvalue weighted by Gasteiger charge is -2.12. The Morgan fingerprint density at radius 1 is 1.19 bits per heavy atom. The van der Waals surface area contributed by atoms with Crippen LogP contribution in [-0.2, 0) is 6.54 Å². The van der Waals surface area contributed by atoms with Crippen molar-refractivity contribution in [1.82, 2.24) is 5.32 Å². The molecule has 0 saturated heterocycles. The molecule has 2 aromatic carbocycles. The van der Waals surface area contributed by atoms with Gasteiger partial charge in [-0.05, 0) is 35.4 Å². The summed E-state index contributed by atoms with van der Waals surface area (Å²) < 4.78 is 23.8. The minimum Gasteiger partial charge on any atom is -0.454 e. The molecule has 1 aliphatic heterocycles. The predicted octanol–water partition coefficient (Wildman–Crippen LogP) is 2.91. The van der Waals surface area contributed by atoms with Crippen LogP contribution in [0.3, 0.4) is 0 Å². The molecule has 4 nitrogen and oxygen atoms in total. The number of ether oxygens (including phenoxy) is 2. The van der Waals surface area contributed by atoms with E-state index in [9.17, 15) is 9.65 Å². The number of nitrogens with one attached hydrogen (secondary N) is 1. The lowest BCUT2D eigenvalue weighted by atomic mass is 10.1. The largest absolute Gasteiger partial charge is 0.454 e. The van der Waals surface area contributed by atoms with Crippen molar-refractivity contribution >= 4 is 0 Å². The average Bonchev–Trinajstić information content (AvgIpc) is 2.95. The van der Waals surface area contributed by atoms with E-state index in [-0.39, 0.29) is 12.6 Å². The summed E-state index contributed by atoms with van der Waals surface area (Å²) in [5, 5.41) is 12.3. The van der Waals surface area contributed by atoms with E-state index in [1.54, 1.807) is 12.1 Å². The third-order valence-electron chi connectivity index (χ3n) is 3.26. The Kier molecular flexibility index (Phi) is 3.71. The highest BCUT2D eigenvalue weighted by atomic mass is 19.1. The zero-order valence-electron chi connectivity index (χ0n) is 11.2. The van der Waals surface area contributed by atoms with Crippen molar-refractivity contribution < 1.29 is 13.9 Å². The van der Waals surface area contributed by atoms with Gasteiger partial charge in [0.05, 0.1) is 6.07 Å². The Morgan fingerprint density at radius 3 is 2.86 bits per heavy atom. The zero-order chi connectivity index (χ0) is 14.7. The smallest absolute Gasteiger partial charge is 0.231 e. The molecule has 1 aliphatic rings. The van der Waals surface area contributed by atoms with Crippen LogP contribution in [0.5, 0.6) is 11.5 Å². The van der Waals surface area contributed by atoms with Gasteiger partial charge >= 0.3 is 0 Å². The summed E-state index contributed by atoms with van der Waals surface area (Å²) in [5.74, 6) is 1.08. The first kappa shape index (κ1) is 13.4. The summed E-state index contributed by atoms with van der Waals surface area (Å²) in [7, 11) is 0. The molecular formula is C16H13FN2O2. The number of nitriles is 1. The van der Waals surface area contributed by atoms with Crippen LogP contribution in [0.4, 0.5) is 4.39 Å². The molecule has 2 aromatic rings. The van der Waals surface area contributed by atoms with Crippen molar-refractivity contribution in [1.29, 1.82) is 5.26 Å². The minimum absolute atomic E-state index is 0.232. The van der Waals surface area contributed by atoms with Crippen LogP contribution in [-0.4, -0.2) is 6.79 Å². The number of halogens is 1. The van der Waals surface area contributed by atoms with Crippen LogP contribution < -0.4 is 14.8 Å². The molecular weight excluding hydrogens is 271 g/mol. The SMILES string of the molecule is N#CC(NCc1ccc2c(c1)OCO2)c1cccc(F)c1. The fourth-order valence-electron chi connectivity index (χ4n) is 2.20. The number of nitrogens with zero attached hydrogens (tertiary/aromatic N) is 1. The minimum atomic E-state index is -0.564. The maximum atomic E-state index is 13.2. The highest BCUT2D eigenvalue weighted by Crippen LogP contribution is 2.32. The highest BCUT2D eigenvalue weighted by Gasteiger charge is 2.14. The van der Waals surface area contributed by atoms with Gasteiger partial charge in [0.15, 0.2) is 11.5 Å². The fraction of sp³-hybridized carbons (Fsp3) is 0.188. The van der Waals surface area contributed by atoms with Crippen molar-refractivity contribution in [3.05, 3.63) is 59.4 Å². The van der Waals surface area contributed by atoms with Gasteiger partial charge in [-0.25, -0.2) is 4.39 Å². The first-order chi connectivity index (χ1) is 10.3. The summed E-state index contributed by atoms with van der Waals surface area (Å²) in [6.07, 6.45) is 0. The number of fused-ring (bicyclic) bond motifs is 1. The predicted molar refractivity (Wildman–Crippen MR) is 74.2 cm³/mol. The van der Waals surface area contributed by atoms with Crippen LogP contribution in [0, 0.1) is 17.1 Å². The topological polar surface area (TPSA) is 54.3 Å². The second-order valence-electron chi connectivity index (χ2n) is 4.69. The molecule has 0 radical (unpaired) electrons. The second-order valence-corrected chi connectivity index (χ2v) is 4.69. The maximum Gasteiger partial charge on any atom is 0.231 e. The van der Waals surface area contributed by atoms with E-state index < -0.39 is 6.04 Å². The fourth-order valence-corrected chi connectivity index (χ4v) is 2.20. The van der Waals surface area contributed by atoms with Crippen molar-refractivity contribution in [3.63, 3.8) is 0 Å². The lowest BCUT2D eigenvalue weighted by Crippen LogP contribution is -2.19. The molecule has 21 heavy (non-hydrogen) atoms. The van der Waals surface area contributed by atoms with Crippen LogP contribution in [0.2, 0.25) is 0 Å². The molecule has 0 saturated carbocycles. The summed E-state index contributed by atoms with van der Waals surface area (Å²) in [6, 6.07) is 13.2. The van der Waals surface area contributed by atoms with Crippen LogP contribution in [0.1, 0.15) is 17.2 Å². The Labute approximate surface area is 121 Å². The molecule has 1 unspecified atom stereocenters. The first-order valence-corrected chi connectivity index (χ1v) is 6.53. The van der Waals surface area contributed by atoms with Gasteiger partial charge in [-0.2, -0.15) is 5.26 Å². The number of rotatable bonds is 4. The molecule has 0 spiro atoms. The van der Waals surface area contributed by atoms with E-state index in [4.69, 9.17) is 9.47 Å². The number of benzene rings is 2. The van der Waals surface area contributed by atoms with Crippen molar-refractivity contribution in [2.75, 3.05) is 6.79 Å². The van der Waals surface area contributed by atoms with Gasteiger partial charge in [-0.15, -0.1) is 0 Å². The Morgan fingerprint density at radius 2 is 2.05 bits per heavy atom. The first-order valence-electron chi connectivity index (χ1n) is 6.53. The summed E-state index contributed by atoms with van der Waals surface area (Å²) in [4.78, 5) is 0. The summed E-state index contributed by atoms with van der Waals surface area (Å²) in [5.41, 5.74) is 1.58. The molecule has 3 rings (SSSR count). The average molecular weight is 284 g/mol. The molecule has 0 aromatic heterocycles. The van der Waals surface area contributed by atoms with E-state index in [2.05, 4.69) is 11.4 Å². The lowest BCUT2D eigenvalue weighted by molar-refractivity contribution is 0.174. The van der Waals surface area contributed by atoms with Gasteiger partial charge in [-0.3, -0.25) is 5.32 Å². The van der Waals surface area contributed by atoms with E-state index >= 15 is 0 Å². The molecule has 0 amide bonds. The molecule has 1 heterocycles. The summed E-state index contributed by atoms with van der Waals surface area (Å²) >= 11 is 0. The molecule has 1 N–H and O–H groups in total. The second kappa shape index (κ2) is 5.81. The molecule has 0 aliphatic carbocycles. The third-order valence-corrected chi connectivity index (χ3v) is 3.26. The standard InChI is InChI=1S/C16H13FN2O2/c17-13-3-1-2-12(7-13)14(8-18)19-9-11-4-5-15-16(6-11)21-10-20-15/h1-7,14,19H,9-10H2. The van der Waals surface area contributed by atoms with E-state index in [0.717, 1.165) is 11.3 Å². The van der Waals surface area contributed by atoms with E-state index in [1.165, 1.54) is 12.1 Å². The monoisotopic (exact) mass is 284 g/mol. The van der Waals surface area contributed by atoms with Gasteiger partial charge in [0.2, 0.25) is 6.79 Å². The van der Waals surface area contributed by atoms with Gasteiger partial charge in [-0.1, -0.05) is 18.2 Å². The van der Waals surface area contributed by atoms with Crippen LogP contribution in [0.25, 0.3) is 0 Å². The van der Waals surface area contributed by atoms with Gasteiger partial charge in [0.1, 0.15) is 11.9 Å². The zero-order valence-corrected chi connectivity index (χ0v) is 11.2. The molecule has 5 heteroatoms. The van der Waals surface area contributed by atoms with Gasteiger partial charge in [0.25, 0.3) is 0 Å². The van der Waals surface area contributed by atoms with Gasteiger partial charge in [0, 0.05) is 6.54 Å². The summed E-state index contributed by atoms with van der Waals surface area (Å²) in [6.45, 7) is 0.710. The van der Waals surface area contributed by atoms with E-state index in [1.807, 2.05) is 18.2 Å². The number of hydrogen-bond acceptors (Lipinski definition) is 4. The normalized spacial score (nSPS) is 13.7. The van der Waals surface area contributed by atoms with Crippen molar-refractivity contribution in [2.24, 2.45) is 0 Å². The van der Waals surface area contributed by atoms with Crippen molar-refractivity contribution in [3.8, 4) is 17.6 Å². The van der Waals surface area contributed by atoms with E-state index in [0.29, 0.717) is 17.9 Å². The maximum absolute atomic E-state index is 13.2. The molecule has 1 atom stereocenters. The molecule has 0 fully saturated rings.